The Morgan fingerprint density at radius 2 is 2.00 bits per heavy atom. The fourth-order valence-corrected chi connectivity index (χ4v) is 4.97. The molecule has 1 N–H and O–H groups in total. The first-order valence-corrected chi connectivity index (χ1v) is 11.5. The van der Waals surface area contributed by atoms with Crippen molar-refractivity contribution < 1.29 is 18.7 Å². The number of ether oxygens (including phenoxy) is 2. The van der Waals surface area contributed by atoms with E-state index in [1.807, 2.05) is 4.90 Å². The fourth-order valence-electron chi connectivity index (χ4n) is 4.66. The standard InChI is InChI=1S/C24H21Cl2FN4O3/c1-3-20(32)31-9-12-6-13(10-31)23(12)34-19-7-14-17(8-18(19)33-2)28-11-29-24(14)30-16-5-4-15(25)21(26)22(16)27/h3-5,7-8,11-13,23H,1,6,9-10H2,2H3,(H,28,29,30)/t12-,13+,23?. The number of nitrogens with zero attached hydrogens (tertiary/aromatic N) is 3. The molecule has 1 aromatic heterocycles. The molecule has 3 aromatic rings. The predicted molar refractivity (Wildman–Crippen MR) is 129 cm³/mol. The van der Waals surface area contributed by atoms with Crippen LogP contribution in [0.25, 0.3) is 10.9 Å². The van der Waals surface area contributed by atoms with Gasteiger partial charge in [0.1, 0.15) is 18.2 Å². The van der Waals surface area contributed by atoms with Gasteiger partial charge in [0.05, 0.1) is 28.4 Å². The monoisotopic (exact) mass is 502 g/mol. The van der Waals surface area contributed by atoms with Crippen LogP contribution in [0.5, 0.6) is 11.5 Å². The van der Waals surface area contributed by atoms with Crippen molar-refractivity contribution in [3.05, 3.63) is 59.1 Å². The Hall–Kier alpha value is -3.10. The lowest BCUT2D eigenvalue weighted by molar-refractivity contribution is -0.142. The van der Waals surface area contributed by atoms with Crippen molar-refractivity contribution in [3.63, 3.8) is 0 Å². The van der Waals surface area contributed by atoms with Gasteiger partial charge in [0.2, 0.25) is 5.91 Å². The van der Waals surface area contributed by atoms with Crippen molar-refractivity contribution in [1.29, 1.82) is 0 Å². The van der Waals surface area contributed by atoms with Gasteiger partial charge in [0, 0.05) is 36.4 Å². The number of carbonyl (C=O) groups excluding carboxylic acids is 1. The van der Waals surface area contributed by atoms with Gasteiger partial charge in [-0.25, -0.2) is 14.4 Å². The van der Waals surface area contributed by atoms with E-state index < -0.39 is 5.82 Å². The topological polar surface area (TPSA) is 76.6 Å². The van der Waals surface area contributed by atoms with Crippen molar-refractivity contribution >= 4 is 51.5 Å². The number of piperidine rings is 2. The molecule has 1 aliphatic carbocycles. The SMILES string of the molecule is C=CC(=O)N1C[C@H]2C[C@@H](C1)C2Oc1cc2c(Nc3ccc(Cl)c(Cl)c3F)ncnc2cc1OC. The number of nitrogens with one attached hydrogen (secondary N) is 1. The summed E-state index contributed by atoms with van der Waals surface area (Å²) in [5.74, 6) is 1.18. The van der Waals surface area contributed by atoms with E-state index in [1.165, 1.54) is 24.5 Å². The van der Waals surface area contributed by atoms with E-state index in [9.17, 15) is 9.18 Å². The number of hydrogen-bond donors (Lipinski definition) is 1. The average Bonchev–Trinajstić information content (AvgIpc) is 2.86. The van der Waals surface area contributed by atoms with Crippen LogP contribution in [0.2, 0.25) is 10.0 Å². The Kier molecular flexibility index (Phi) is 5.95. The highest BCUT2D eigenvalue weighted by Gasteiger charge is 2.49. The lowest BCUT2D eigenvalue weighted by Gasteiger charge is -2.52. The number of amides is 1. The summed E-state index contributed by atoms with van der Waals surface area (Å²) in [6.45, 7) is 4.84. The molecule has 3 heterocycles. The van der Waals surface area contributed by atoms with Gasteiger partial charge in [-0.15, -0.1) is 0 Å². The second-order valence-electron chi connectivity index (χ2n) is 8.38. The first-order valence-electron chi connectivity index (χ1n) is 10.7. The van der Waals surface area contributed by atoms with Crippen molar-refractivity contribution in [2.45, 2.75) is 12.5 Å². The minimum Gasteiger partial charge on any atom is -0.493 e. The van der Waals surface area contributed by atoms with Gasteiger partial charge in [0.25, 0.3) is 0 Å². The van der Waals surface area contributed by atoms with E-state index >= 15 is 0 Å². The van der Waals surface area contributed by atoms with E-state index in [0.29, 0.717) is 41.3 Å². The summed E-state index contributed by atoms with van der Waals surface area (Å²) < 4.78 is 26.6. The third-order valence-electron chi connectivity index (χ3n) is 6.40. The zero-order chi connectivity index (χ0) is 24.0. The van der Waals surface area contributed by atoms with Crippen LogP contribution in [0.1, 0.15) is 6.42 Å². The normalized spacial score (nSPS) is 21.1. The quantitative estimate of drug-likeness (QED) is 0.366. The van der Waals surface area contributed by atoms with Gasteiger partial charge in [-0.2, -0.15) is 0 Å². The molecule has 0 radical (unpaired) electrons. The predicted octanol–water partition coefficient (Wildman–Crippen LogP) is 5.24. The molecule has 176 valence electrons. The molecule has 2 aliphatic heterocycles. The molecule has 3 aliphatic rings. The number of hydrogen-bond acceptors (Lipinski definition) is 6. The molecule has 1 saturated carbocycles. The number of carbonyl (C=O) groups is 1. The minimum absolute atomic E-state index is 0.0335. The van der Waals surface area contributed by atoms with Crippen molar-refractivity contribution in [1.82, 2.24) is 14.9 Å². The molecular weight excluding hydrogens is 482 g/mol. The summed E-state index contributed by atoms with van der Waals surface area (Å²) in [4.78, 5) is 22.4. The van der Waals surface area contributed by atoms with Gasteiger partial charge < -0.3 is 19.7 Å². The van der Waals surface area contributed by atoms with Gasteiger partial charge >= 0.3 is 0 Å². The van der Waals surface area contributed by atoms with Gasteiger partial charge in [-0.1, -0.05) is 29.8 Å². The minimum atomic E-state index is -0.674. The summed E-state index contributed by atoms with van der Waals surface area (Å²) in [5.41, 5.74) is 0.729. The van der Waals surface area contributed by atoms with Gasteiger partial charge in [-0.3, -0.25) is 4.79 Å². The maximum Gasteiger partial charge on any atom is 0.245 e. The Labute approximate surface area is 205 Å². The van der Waals surface area contributed by atoms with Crippen LogP contribution >= 0.6 is 23.2 Å². The summed E-state index contributed by atoms with van der Waals surface area (Å²) in [5, 5.41) is 3.55. The number of methoxy groups -OCH3 is 1. The molecule has 3 atom stereocenters. The molecule has 1 amide bonds. The molecule has 2 aromatic carbocycles. The van der Waals surface area contributed by atoms with E-state index in [0.717, 1.165) is 6.42 Å². The van der Waals surface area contributed by atoms with E-state index in [1.54, 1.807) is 19.2 Å². The second kappa shape index (κ2) is 8.92. The maximum absolute atomic E-state index is 14.6. The Morgan fingerprint density at radius 1 is 1.24 bits per heavy atom. The highest BCUT2D eigenvalue weighted by Crippen LogP contribution is 2.45. The first-order chi connectivity index (χ1) is 16.4. The molecule has 2 bridgehead atoms. The zero-order valence-corrected chi connectivity index (χ0v) is 19.7. The summed E-state index contributed by atoms with van der Waals surface area (Å²) in [6.07, 6.45) is 3.70. The van der Waals surface area contributed by atoms with Gasteiger partial charge in [0.15, 0.2) is 17.3 Å². The average molecular weight is 503 g/mol. The third kappa shape index (κ3) is 3.91. The largest absolute Gasteiger partial charge is 0.493 e. The Bertz CT molecular complexity index is 1290. The van der Waals surface area contributed by atoms with Crippen LogP contribution in [0, 0.1) is 17.7 Å². The zero-order valence-electron chi connectivity index (χ0n) is 18.2. The second-order valence-corrected chi connectivity index (χ2v) is 9.16. The van der Waals surface area contributed by atoms with Crippen LogP contribution in [0.4, 0.5) is 15.9 Å². The summed E-state index contributed by atoms with van der Waals surface area (Å²) >= 11 is 11.8. The number of fused-ring (bicyclic) bond motifs is 3. The van der Waals surface area contributed by atoms with Crippen molar-refractivity contribution in [3.8, 4) is 11.5 Å². The Balaban J connectivity index is 1.45. The molecule has 10 heteroatoms. The molecule has 0 spiro atoms. The molecule has 7 nitrogen and oxygen atoms in total. The first kappa shape index (κ1) is 22.7. The van der Waals surface area contributed by atoms with Crippen LogP contribution in [-0.2, 0) is 4.79 Å². The molecular formula is C24H21Cl2FN4O3. The fraction of sp³-hybridized carbons (Fsp3) is 0.292. The van der Waals surface area contributed by atoms with Crippen molar-refractivity contribution in [2.24, 2.45) is 11.8 Å². The van der Waals surface area contributed by atoms with E-state index in [2.05, 4.69) is 21.9 Å². The Morgan fingerprint density at radius 3 is 2.71 bits per heavy atom. The number of benzene rings is 2. The van der Waals surface area contributed by atoms with E-state index in [-0.39, 0.29) is 39.6 Å². The van der Waals surface area contributed by atoms with Crippen LogP contribution < -0.4 is 14.8 Å². The summed E-state index contributed by atoms with van der Waals surface area (Å²) in [7, 11) is 1.56. The smallest absolute Gasteiger partial charge is 0.245 e. The number of rotatable bonds is 6. The summed E-state index contributed by atoms with van der Waals surface area (Å²) in [6, 6.07) is 6.54. The van der Waals surface area contributed by atoms with Crippen molar-refractivity contribution in [2.75, 3.05) is 25.5 Å². The molecule has 34 heavy (non-hydrogen) atoms. The third-order valence-corrected chi connectivity index (χ3v) is 7.18. The highest BCUT2D eigenvalue weighted by molar-refractivity contribution is 6.42. The molecule has 2 saturated heterocycles. The molecule has 1 unspecified atom stereocenters. The number of anilines is 2. The lowest BCUT2D eigenvalue weighted by atomic mass is 9.68. The highest BCUT2D eigenvalue weighted by atomic mass is 35.5. The number of halogens is 3. The molecule has 3 fully saturated rings. The van der Waals surface area contributed by atoms with E-state index in [4.69, 9.17) is 32.7 Å². The maximum atomic E-state index is 14.6. The lowest BCUT2D eigenvalue weighted by Crippen LogP contribution is -2.61. The van der Waals surface area contributed by atoms with Gasteiger partial charge in [-0.05, 0) is 30.7 Å². The van der Waals surface area contributed by atoms with Crippen LogP contribution in [0.3, 0.4) is 0 Å². The van der Waals surface area contributed by atoms with Crippen LogP contribution in [0.15, 0.2) is 43.2 Å². The number of aromatic nitrogens is 2. The van der Waals surface area contributed by atoms with Crippen LogP contribution in [-0.4, -0.2) is 47.1 Å². The molecule has 6 rings (SSSR count).